The molecule has 2 N–H and O–H groups in total. The lowest BCUT2D eigenvalue weighted by Gasteiger charge is -2.03. The normalized spacial score (nSPS) is 10.8. The largest absolute Gasteiger partial charge is 0.462 e. The second-order valence-electron chi connectivity index (χ2n) is 4.48. The van der Waals surface area contributed by atoms with Crippen LogP contribution in [0.5, 0.6) is 0 Å². The van der Waals surface area contributed by atoms with Gasteiger partial charge in [0, 0.05) is 10.4 Å². The van der Waals surface area contributed by atoms with Gasteiger partial charge in [0.25, 0.3) is 5.91 Å². The molecule has 0 fully saturated rings. The number of H-pyrrole nitrogens is 1. The van der Waals surface area contributed by atoms with E-state index >= 15 is 0 Å². The van der Waals surface area contributed by atoms with Gasteiger partial charge >= 0.3 is 0 Å². The first-order valence-corrected chi connectivity index (χ1v) is 7.35. The molecule has 0 aliphatic carbocycles. The van der Waals surface area contributed by atoms with E-state index in [1.54, 1.807) is 18.5 Å². The number of aromatic amines is 1. The highest BCUT2D eigenvalue weighted by Crippen LogP contribution is 2.28. The molecule has 3 aromatic heterocycles. The maximum Gasteiger partial charge on any atom is 0.276 e. The number of nitrogens with one attached hydrogen (secondary N) is 2. The molecule has 3 rings (SSSR count). The summed E-state index contributed by atoms with van der Waals surface area (Å²) in [5.41, 5.74) is 1.37. The Morgan fingerprint density at radius 1 is 1.52 bits per heavy atom. The first-order valence-electron chi connectivity index (χ1n) is 6.54. The number of carbonyl (C=O) groups excluding carboxylic acids is 1. The Morgan fingerprint density at radius 2 is 2.38 bits per heavy atom. The Labute approximate surface area is 125 Å². The number of aromatic nitrogens is 3. The van der Waals surface area contributed by atoms with E-state index in [4.69, 9.17) is 4.42 Å². The third-order valence-electron chi connectivity index (χ3n) is 3.08. The highest BCUT2D eigenvalue weighted by molar-refractivity contribution is 7.15. The third kappa shape index (κ3) is 2.59. The van der Waals surface area contributed by atoms with Gasteiger partial charge in [-0.05, 0) is 25.5 Å². The lowest BCUT2D eigenvalue weighted by atomic mass is 10.2. The monoisotopic (exact) mass is 302 g/mol. The molecular formula is C14H14N4O2S. The summed E-state index contributed by atoms with van der Waals surface area (Å²) < 4.78 is 5.31. The molecule has 0 atom stereocenters. The summed E-state index contributed by atoms with van der Waals surface area (Å²) in [6, 6.07) is 3.62. The minimum absolute atomic E-state index is 0.250. The van der Waals surface area contributed by atoms with Crippen LogP contribution in [0.1, 0.15) is 27.9 Å². The van der Waals surface area contributed by atoms with Gasteiger partial charge in [-0.3, -0.25) is 9.89 Å². The number of furan rings is 1. The SMILES string of the molecule is CCc1cn[nH]c1NC(=O)c1nc(-c2ccco2)sc1C. The second-order valence-corrected chi connectivity index (χ2v) is 5.68. The lowest BCUT2D eigenvalue weighted by Crippen LogP contribution is -2.14. The number of amides is 1. The van der Waals surface area contributed by atoms with Crippen molar-refractivity contribution >= 4 is 23.1 Å². The maximum atomic E-state index is 12.3. The number of aryl methyl sites for hydroxylation is 2. The second kappa shape index (κ2) is 5.53. The minimum Gasteiger partial charge on any atom is -0.462 e. The number of thiazole rings is 1. The van der Waals surface area contributed by atoms with Gasteiger partial charge in [0.2, 0.25) is 0 Å². The molecule has 0 unspecified atom stereocenters. The average molecular weight is 302 g/mol. The number of anilines is 1. The van der Waals surface area contributed by atoms with Gasteiger partial charge in [-0.25, -0.2) is 4.98 Å². The summed E-state index contributed by atoms with van der Waals surface area (Å²) in [6.45, 7) is 3.87. The summed E-state index contributed by atoms with van der Waals surface area (Å²) in [7, 11) is 0. The van der Waals surface area contributed by atoms with Crippen LogP contribution in [0, 0.1) is 6.92 Å². The van der Waals surface area contributed by atoms with Crippen LogP contribution < -0.4 is 5.32 Å². The summed E-state index contributed by atoms with van der Waals surface area (Å²) >= 11 is 1.43. The molecule has 3 aromatic rings. The highest BCUT2D eigenvalue weighted by atomic mass is 32.1. The predicted molar refractivity (Wildman–Crippen MR) is 80.5 cm³/mol. The van der Waals surface area contributed by atoms with E-state index in [9.17, 15) is 4.79 Å². The van der Waals surface area contributed by atoms with Crippen molar-refractivity contribution in [1.82, 2.24) is 15.2 Å². The quantitative estimate of drug-likeness (QED) is 0.775. The molecule has 0 aliphatic heterocycles. The predicted octanol–water partition coefficient (Wildman–Crippen LogP) is 3.25. The zero-order valence-electron chi connectivity index (χ0n) is 11.6. The van der Waals surface area contributed by atoms with Gasteiger partial charge in [-0.2, -0.15) is 5.10 Å². The van der Waals surface area contributed by atoms with E-state index in [2.05, 4.69) is 20.5 Å². The zero-order valence-corrected chi connectivity index (χ0v) is 12.5. The van der Waals surface area contributed by atoms with Gasteiger partial charge in [0.05, 0.1) is 12.5 Å². The van der Waals surface area contributed by atoms with Crippen LogP contribution in [0.15, 0.2) is 29.0 Å². The van der Waals surface area contributed by atoms with E-state index < -0.39 is 0 Å². The van der Waals surface area contributed by atoms with Crippen LogP contribution in [-0.2, 0) is 6.42 Å². The molecule has 0 aromatic carbocycles. The molecule has 0 aliphatic rings. The highest BCUT2D eigenvalue weighted by Gasteiger charge is 2.18. The van der Waals surface area contributed by atoms with Crippen molar-refractivity contribution in [2.24, 2.45) is 0 Å². The van der Waals surface area contributed by atoms with Crippen molar-refractivity contribution < 1.29 is 9.21 Å². The van der Waals surface area contributed by atoms with Crippen molar-refractivity contribution in [3.05, 3.63) is 40.7 Å². The number of hydrogen-bond donors (Lipinski definition) is 2. The maximum absolute atomic E-state index is 12.3. The van der Waals surface area contributed by atoms with Crippen molar-refractivity contribution in [1.29, 1.82) is 0 Å². The van der Waals surface area contributed by atoms with E-state index in [1.165, 1.54) is 11.3 Å². The Hall–Kier alpha value is -2.41. The van der Waals surface area contributed by atoms with Crippen molar-refractivity contribution in [2.75, 3.05) is 5.32 Å². The number of carbonyl (C=O) groups is 1. The third-order valence-corrected chi connectivity index (χ3v) is 4.07. The Bertz CT molecular complexity index is 758. The molecule has 0 spiro atoms. The fourth-order valence-electron chi connectivity index (χ4n) is 1.97. The fourth-order valence-corrected chi connectivity index (χ4v) is 2.85. The topological polar surface area (TPSA) is 83.8 Å². The van der Waals surface area contributed by atoms with Gasteiger partial charge in [-0.15, -0.1) is 11.3 Å². The molecule has 0 saturated carbocycles. The summed E-state index contributed by atoms with van der Waals surface area (Å²) in [5.74, 6) is 1.04. The van der Waals surface area contributed by atoms with Gasteiger partial charge in [0.15, 0.2) is 10.8 Å². The molecule has 7 heteroatoms. The molecule has 0 saturated heterocycles. The summed E-state index contributed by atoms with van der Waals surface area (Å²) in [5, 5.41) is 10.2. The summed E-state index contributed by atoms with van der Waals surface area (Å²) in [6.07, 6.45) is 4.08. The van der Waals surface area contributed by atoms with E-state index in [0.717, 1.165) is 16.9 Å². The van der Waals surface area contributed by atoms with Gasteiger partial charge < -0.3 is 9.73 Å². The zero-order chi connectivity index (χ0) is 14.8. The average Bonchev–Trinajstić information content (AvgIpc) is 3.17. The standard InChI is InChI=1S/C14H14N4O2S/c1-3-9-7-15-18-12(9)17-13(19)11-8(2)21-14(16-11)10-5-4-6-20-10/h4-7H,3H2,1-2H3,(H2,15,17,18,19). The van der Waals surface area contributed by atoms with Crippen molar-refractivity contribution in [3.8, 4) is 10.8 Å². The smallest absolute Gasteiger partial charge is 0.276 e. The number of rotatable bonds is 4. The van der Waals surface area contributed by atoms with E-state index in [0.29, 0.717) is 22.3 Å². The van der Waals surface area contributed by atoms with Gasteiger partial charge in [0.1, 0.15) is 11.5 Å². The van der Waals surface area contributed by atoms with Crippen LogP contribution in [0.4, 0.5) is 5.82 Å². The van der Waals surface area contributed by atoms with Crippen LogP contribution in [-0.4, -0.2) is 21.1 Å². The Kier molecular flexibility index (Phi) is 3.57. The van der Waals surface area contributed by atoms with Crippen molar-refractivity contribution in [3.63, 3.8) is 0 Å². The molecule has 21 heavy (non-hydrogen) atoms. The van der Waals surface area contributed by atoms with E-state index in [1.807, 2.05) is 19.9 Å². The molecule has 108 valence electrons. The molecular weight excluding hydrogens is 288 g/mol. The van der Waals surface area contributed by atoms with Gasteiger partial charge in [-0.1, -0.05) is 6.92 Å². The molecule has 1 amide bonds. The van der Waals surface area contributed by atoms with Crippen LogP contribution in [0.25, 0.3) is 10.8 Å². The molecule has 0 radical (unpaired) electrons. The number of nitrogens with zero attached hydrogens (tertiary/aromatic N) is 2. The lowest BCUT2D eigenvalue weighted by molar-refractivity contribution is 0.102. The van der Waals surface area contributed by atoms with E-state index in [-0.39, 0.29) is 5.91 Å². The number of hydrogen-bond acceptors (Lipinski definition) is 5. The minimum atomic E-state index is -0.250. The fraction of sp³-hybridized carbons (Fsp3) is 0.214. The first kappa shape index (κ1) is 13.6. The van der Waals surface area contributed by atoms with Crippen molar-refractivity contribution in [2.45, 2.75) is 20.3 Å². The van der Waals surface area contributed by atoms with Crippen LogP contribution in [0.2, 0.25) is 0 Å². The van der Waals surface area contributed by atoms with Crippen LogP contribution >= 0.6 is 11.3 Å². The molecule has 3 heterocycles. The summed E-state index contributed by atoms with van der Waals surface area (Å²) in [4.78, 5) is 17.5. The Balaban J connectivity index is 1.85. The van der Waals surface area contributed by atoms with Crippen LogP contribution in [0.3, 0.4) is 0 Å². The molecule has 0 bridgehead atoms. The molecule has 6 nitrogen and oxygen atoms in total. The first-order chi connectivity index (χ1) is 10.2. The Morgan fingerprint density at radius 3 is 3.10 bits per heavy atom.